The van der Waals surface area contributed by atoms with Crippen LogP contribution >= 0.6 is 0 Å². The van der Waals surface area contributed by atoms with Crippen molar-refractivity contribution in [2.24, 2.45) is 0 Å². The summed E-state index contributed by atoms with van der Waals surface area (Å²) in [6.45, 7) is 2.64. The van der Waals surface area contributed by atoms with Crippen LogP contribution in [0.1, 0.15) is 90.4 Å². The molecule has 0 aromatic heterocycles. The molecule has 0 unspecified atom stereocenters. The second-order valence-electron chi connectivity index (χ2n) is 9.10. The molecule has 0 aliphatic heterocycles. The molecule has 2 aromatic rings. The van der Waals surface area contributed by atoms with Gasteiger partial charge in [-0.25, -0.2) is 0 Å². The number of unbranched alkanes of at least 4 members (excludes halogenated alkanes) is 12. The zero-order chi connectivity index (χ0) is 26.2. The van der Waals surface area contributed by atoms with Gasteiger partial charge < -0.3 is 9.47 Å². The first kappa shape index (κ1) is 29.5. The fraction of sp³-hybridized carbons (Fsp3) is 0.571. The minimum Gasteiger partial charge on any atom is -0.487 e. The molecule has 0 heterocycles. The minimum absolute atomic E-state index is 0.169. The minimum atomic E-state index is -4.77. The second-order valence-corrected chi connectivity index (χ2v) is 9.10. The van der Waals surface area contributed by atoms with Crippen LogP contribution in [0.15, 0.2) is 42.5 Å². The van der Waals surface area contributed by atoms with Gasteiger partial charge in [0.15, 0.2) is 5.75 Å². The van der Waals surface area contributed by atoms with Crippen molar-refractivity contribution in [3.63, 3.8) is 0 Å². The summed E-state index contributed by atoms with van der Waals surface area (Å²) in [7, 11) is 0. The van der Waals surface area contributed by atoms with Crippen molar-refractivity contribution in [2.45, 2.75) is 96.8 Å². The van der Waals surface area contributed by atoms with Crippen LogP contribution in [0.25, 0.3) is 11.1 Å². The molecule has 36 heavy (non-hydrogen) atoms. The van der Waals surface area contributed by atoms with E-state index in [2.05, 4.69) is 11.7 Å². The van der Waals surface area contributed by atoms with Crippen LogP contribution in [0.3, 0.4) is 0 Å². The van der Waals surface area contributed by atoms with Gasteiger partial charge >= 0.3 is 12.0 Å². The Labute approximate surface area is 212 Å². The molecule has 0 spiro atoms. The topological polar surface area (TPSA) is 61.6 Å². The van der Waals surface area contributed by atoms with Gasteiger partial charge in [0.05, 0.1) is 11.5 Å². The van der Waals surface area contributed by atoms with Crippen molar-refractivity contribution in [3.8, 4) is 22.6 Å². The highest BCUT2D eigenvalue weighted by atomic mass is 19.4. The van der Waals surface area contributed by atoms with Gasteiger partial charge in [0.25, 0.3) is 0 Å². The summed E-state index contributed by atoms with van der Waals surface area (Å²) in [4.78, 5) is 11.0. The van der Waals surface area contributed by atoms with Crippen LogP contribution in [-0.4, -0.2) is 17.9 Å². The van der Waals surface area contributed by atoms with Crippen LogP contribution < -0.4 is 9.47 Å². The number of hydrogen-bond acceptors (Lipinski definition) is 4. The molecule has 0 N–H and O–H groups in total. The summed E-state index contributed by atoms with van der Waals surface area (Å²) in [5.74, 6) is -0.154. The Kier molecular flexibility index (Phi) is 13.1. The molecule has 0 saturated heterocycles. The zero-order valence-electron chi connectivity index (χ0n) is 21.2. The van der Waals surface area contributed by atoms with Gasteiger partial charge in [0, 0.05) is 6.07 Å². The van der Waals surface area contributed by atoms with E-state index in [-0.39, 0.29) is 17.2 Å². The first-order valence-electron chi connectivity index (χ1n) is 13.1. The van der Waals surface area contributed by atoms with Crippen molar-refractivity contribution in [1.29, 1.82) is 0 Å². The monoisotopic (exact) mass is 509 g/mol. The molecule has 0 saturated carbocycles. The number of alkyl halides is 3. The Morgan fingerprint density at radius 3 is 1.75 bits per heavy atom. The van der Waals surface area contributed by atoms with Gasteiger partial charge in [-0.05, 0) is 35.7 Å². The van der Waals surface area contributed by atoms with Crippen molar-refractivity contribution >= 4 is 5.69 Å². The summed E-state index contributed by atoms with van der Waals surface area (Å²) in [6, 6.07) is 9.77. The molecule has 0 aliphatic rings. The number of nitro groups is 1. The molecule has 2 aromatic carbocycles. The summed E-state index contributed by atoms with van der Waals surface area (Å²) < 4.78 is 46.5. The average molecular weight is 510 g/mol. The number of halogens is 3. The van der Waals surface area contributed by atoms with Gasteiger partial charge in [-0.3, -0.25) is 10.1 Å². The second kappa shape index (κ2) is 16.1. The van der Waals surface area contributed by atoms with E-state index in [0.29, 0.717) is 17.7 Å². The van der Waals surface area contributed by atoms with Crippen LogP contribution in [0.4, 0.5) is 18.9 Å². The lowest BCUT2D eigenvalue weighted by molar-refractivity contribution is -0.385. The molecule has 0 amide bonds. The van der Waals surface area contributed by atoms with Gasteiger partial charge in [-0.2, -0.15) is 0 Å². The van der Waals surface area contributed by atoms with E-state index in [0.717, 1.165) is 19.3 Å². The average Bonchev–Trinajstić information content (AvgIpc) is 2.83. The molecule has 8 heteroatoms. The molecule has 0 radical (unpaired) electrons. The van der Waals surface area contributed by atoms with E-state index in [1.54, 1.807) is 6.07 Å². The van der Waals surface area contributed by atoms with Crippen LogP contribution in [0.2, 0.25) is 0 Å². The Hall–Kier alpha value is -2.77. The predicted molar refractivity (Wildman–Crippen MR) is 136 cm³/mol. The number of rotatable bonds is 18. The molecule has 200 valence electrons. The van der Waals surface area contributed by atoms with Gasteiger partial charge in [0.2, 0.25) is 0 Å². The zero-order valence-corrected chi connectivity index (χ0v) is 21.2. The quantitative estimate of drug-likeness (QED) is 0.114. The van der Waals surface area contributed by atoms with Crippen molar-refractivity contribution in [1.82, 2.24) is 0 Å². The van der Waals surface area contributed by atoms with E-state index in [1.807, 2.05) is 0 Å². The normalized spacial score (nSPS) is 11.4. The highest BCUT2D eigenvalue weighted by molar-refractivity contribution is 5.69. The summed E-state index contributed by atoms with van der Waals surface area (Å²) in [6.07, 6.45) is 11.4. The number of nitro benzene ring substituents is 1. The SMILES string of the molecule is CCCCCCCCCCCCCCCOc1ccc(-c2ccc(OC(F)(F)F)cc2)cc1[N+](=O)[O-]. The fourth-order valence-corrected chi connectivity index (χ4v) is 4.11. The molecule has 0 bridgehead atoms. The molecule has 0 atom stereocenters. The molecule has 2 rings (SSSR count). The molecule has 0 aliphatic carbocycles. The highest BCUT2D eigenvalue weighted by Gasteiger charge is 2.31. The number of benzene rings is 2. The molecule has 0 fully saturated rings. The summed E-state index contributed by atoms with van der Waals surface area (Å²) in [5, 5.41) is 11.5. The maximum absolute atomic E-state index is 12.3. The van der Waals surface area contributed by atoms with Crippen LogP contribution in [0, 0.1) is 10.1 Å². The lowest BCUT2D eigenvalue weighted by Gasteiger charge is -2.10. The number of hydrogen-bond donors (Lipinski definition) is 0. The van der Waals surface area contributed by atoms with E-state index in [9.17, 15) is 23.3 Å². The highest BCUT2D eigenvalue weighted by Crippen LogP contribution is 2.34. The van der Waals surface area contributed by atoms with Gasteiger partial charge in [-0.1, -0.05) is 102 Å². The third kappa shape index (κ3) is 11.8. The van der Waals surface area contributed by atoms with Crippen LogP contribution in [0.5, 0.6) is 11.5 Å². The van der Waals surface area contributed by atoms with Crippen molar-refractivity contribution in [2.75, 3.05) is 6.61 Å². The number of ether oxygens (including phenoxy) is 2. The number of nitrogens with zero attached hydrogens (tertiary/aromatic N) is 1. The first-order chi connectivity index (χ1) is 17.3. The maximum atomic E-state index is 12.3. The van der Waals surface area contributed by atoms with Crippen LogP contribution in [-0.2, 0) is 0 Å². The van der Waals surface area contributed by atoms with Crippen molar-refractivity contribution in [3.05, 3.63) is 52.6 Å². The fourth-order valence-electron chi connectivity index (χ4n) is 4.11. The smallest absolute Gasteiger partial charge is 0.487 e. The van der Waals surface area contributed by atoms with E-state index < -0.39 is 11.3 Å². The molecule has 5 nitrogen and oxygen atoms in total. The standard InChI is InChI=1S/C28H38F3NO4/c1-2-3-4-5-6-7-8-9-10-11-12-13-14-21-35-27-20-17-24(22-26(27)32(33)34)23-15-18-25(19-16-23)36-28(29,30)31/h15-20,22H,2-14,21H2,1H3. The Bertz CT molecular complexity index is 901. The van der Waals surface area contributed by atoms with E-state index >= 15 is 0 Å². The largest absolute Gasteiger partial charge is 0.573 e. The Morgan fingerprint density at radius 2 is 1.25 bits per heavy atom. The summed E-state index contributed by atoms with van der Waals surface area (Å²) >= 11 is 0. The Balaban J connectivity index is 1.70. The first-order valence-corrected chi connectivity index (χ1v) is 13.1. The van der Waals surface area contributed by atoms with E-state index in [1.165, 1.54) is 101 Å². The molecular formula is C28H38F3NO4. The maximum Gasteiger partial charge on any atom is 0.573 e. The predicted octanol–water partition coefficient (Wildman–Crippen LogP) is 9.63. The van der Waals surface area contributed by atoms with E-state index in [4.69, 9.17) is 4.74 Å². The van der Waals surface area contributed by atoms with Gasteiger partial charge in [-0.15, -0.1) is 13.2 Å². The Morgan fingerprint density at radius 1 is 0.750 bits per heavy atom. The third-order valence-electron chi connectivity index (χ3n) is 6.08. The van der Waals surface area contributed by atoms with Gasteiger partial charge in [0.1, 0.15) is 5.75 Å². The van der Waals surface area contributed by atoms with Crippen molar-refractivity contribution < 1.29 is 27.6 Å². The molecular weight excluding hydrogens is 471 g/mol. The summed E-state index contributed by atoms with van der Waals surface area (Å²) in [5.41, 5.74) is 0.877. The lowest BCUT2D eigenvalue weighted by Crippen LogP contribution is -2.16. The lowest BCUT2D eigenvalue weighted by atomic mass is 10.0. The third-order valence-corrected chi connectivity index (χ3v) is 6.08.